The van der Waals surface area contributed by atoms with Crippen LogP contribution >= 0.6 is 11.3 Å². The van der Waals surface area contributed by atoms with Gasteiger partial charge in [-0.1, -0.05) is 20.8 Å². The first-order valence-corrected chi connectivity index (χ1v) is 7.59. The van der Waals surface area contributed by atoms with Crippen molar-refractivity contribution in [1.29, 1.82) is 0 Å². The van der Waals surface area contributed by atoms with Crippen LogP contribution in [0.5, 0.6) is 0 Å². The van der Waals surface area contributed by atoms with E-state index in [1.54, 1.807) is 6.07 Å². The van der Waals surface area contributed by atoms with Crippen LogP contribution in [0.1, 0.15) is 25.6 Å². The lowest BCUT2D eigenvalue weighted by atomic mass is 9.95. The maximum atomic E-state index is 12.1. The summed E-state index contributed by atoms with van der Waals surface area (Å²) in [5.41, 5.74) is -0.121. The normalized spacial score (nSPS) is 12.9. The Kier molecular flexibility index (Phi) is 4.19. The fourth-order valence-electron chi connectivity index (χ4n) is 1.29. The molecule has 1 aromatic rings. The highest BCUT2D eigenvalue weighted by molar-refractivity contribution is 7.91. The van der Waals surface area contributed by atoms with Gasteiger partial charge in [0.25, 0.3) is 10.0 Å². The number of thiophene rings is 1. The standard InChI is InChI=1S/C11H17NO4S2/c1-11(2,3)8-5-6-10(17-8)18(15,16)12(4)7-9(13)14/h5-6H,7H2,1-4H3,(H,13,14). The monoisotopic (exact) mass is 291 g/mol. The molecule has 0 bridgehead atoms. The summed E-state index contributed by atoms with van der Waals surface area (Å²) >= 11 is 1.18. The third-order valence-corrected chi connectivity index (χ3v) is 6.12. The molecule has 0 aliphatic rings. The van der Waals surface area contributed by atoms with Gasteiger partial charge in [-0.2, -0.15) is 4.31 Å². The summed E-state index contributed by atoms with van der Waals surface area (Å²) in [5.74, 6) is -1.17. The maximum absolute atomic E-state index is 12.1. The Hall–Kier alpha value is -0.920. The average molecular weight is 291 g/mol. The van der Waals surface area contributed by atoms with Gasteiger partial charge in [-0.05, 0) is 17.5 Å². The van der Waals surface area contributed by atoms with Gasteiger partial charge < -0.3 is 5.11 Å². The maximum Gasteiger partial charge on any atom is 0.318 e. The zero-order valence-electron chi connectivity index (χ0n) is 10.8. The van der Waals surface area contributed by atoms with Crippen LogP contribution in [-0.2, 0) is 20.2 Å². The van der Waals surface area contributed by atoms with Gasteiger partial charge in [0, 0.05) is 11.9 Å². The fourth-order valence-corrected chi connectivity index (χ4v) is 3.99. The number of aliphatic carboxylic acids is 1. The molecule has 0 spiro atoms. The van der Waals surface area contributed by atoms with Gasteiger partial charge in [-0.3, -0.25) is 4.79 Å². The van der Waals surface area contributed by atoms with Gasteiger partial charge in [0.05, 0.1) is 0 Å². The molecule has 102 valence electrons. The molecule has 1 aromatic heterocycles. The third kappa shape index (κ3) is 3.30. The van der Waals surface area contributed by atoms with Crippen LogP contribution in [0.25, 0.3) is 0 Å². The Balaban J connectivity index is 3.07. The predicted octanol–water partition coefficient (Wildman–Crippen LogP) is 1.75. The number of sulfonamides is 1. The van der Waals surface area contributed by atoms with Gasteiger partial charge >= 0.3 is 5.97 Å². The molecule has 7 heteroatoms. The summed E-state index contributed by atoms with van der Waals surface area (Å²) < 4.78 is 25.2. The van der Waals surface area contributed by atoms with Crippen molar-refractivity contribution < 1.29 is 18.3 Å². The summed E-state index contributed by atoms with van der Waals surface area (Å²) in [6.07, 6.45) is 0. The van der Waals surface area contributed by atoms with Gasteiger partial charge in [0.15, 0.2) is 0 Å². The summed E-state index contributed by atoms with van der Waals surface area (Å²) in [6, 6.07) is 3.30. The second-order valence-corrected chi connectivity index (χ2v) is 8.38. The molecular formula is C11H17NO4S2. The third-order valence-electron chi connectivity index (χ3n) is 2.34. The van der Waals surface area contributed by atoms with Gasteiger partial charge in [-0.15, -0.1) is 11.3 Å². The lowest BCUT2D eigenvalue weighted by Gasteiger charge is -2.16. The summed E-state index contributed by atoms with van der Waals surface area (Å²) in [7, 11) is -2.44. The van der Waals surface area contributed by atoms with E-state index in [-0.39, 0.29) is 9.62 Å². The molecule has 0 fully saturated rings. The number of nitrogens with zero attached hydrogens (tertiary/aromatic N) is 1. The first kappa shape index (κ1) is 15.1. The number of carboxylic acid groups (broad SMARTS) is 1. The number of carboxylic acids is 1. The molecule has 1 heterocycles. The van der Waals surface area contributed by atoms with Crippen molar-refractivity contribution in [2.24, 2.45) is 0 Å². The lowest BCUT2D eigenvalue weighted by Crippen LogP contribution is -2.31. The number of hydrogen-bond acceptors (Lipinski definition) is 4. The Labute approximate surface area is 111 Å². The van der Waals surface area contributed by atoms with Crippen LogP contribution < -0.4 is 0 Å². The van der Waals surface area contributed by atoms with Gasteiger partial charge in [-0.25, -0.2) is 8.42 Å². The van der Waals surface area contributed by atoms with Crippen LogP contribution in [0.15, 0.2) is 16.3 Å². The Morgan fingerprint density at radius 2 is 1.94 bits per heavy atom. The summed E-state index contributed by atoms with van der Waals surface area (Å²) in [4.78, 5) is 11.5. The van der Waals surface area contributed by atoms with Crippen molar-refractivity contribution >= 4 is 27.3 Å². The van der Waals surface area contributed by atoms with Crippen molar-refractivity contribution in [3.05, 3.63) is 17.0 Å². The minimum absolute atomic E-state index is 0.121. The molecule has 0 aliphatic heterocycles. The van der Waals surface area contributed by atoms with Crippen LogP contribution in [-0.4, -0.2) is 37.4 Å². The van der Waals surface area contributed by atoms with E-state index in [1.165, 1.54) is 24.5 Å². The van der Waals surface area contributed by atoms with E-state index in [9.17, 15) is 13.2 Å². The second-order valence-electron chi connectivity index (χ2n) is 5.02. The van der Waals surface area contributed by atoms with E-state index in [0.29, 0.717) is 0 Å². The smallest absolute Gasteiger partial charge is 0.318 e. The molecule has 0 saturated carbocycles. The van der Waals surface area contributed by atoms with Crippen molar-refractivity contribution in [2.75, 3.05) is 13.6 Å². The van der Waals surface area contributed by atoms with Crippen molar-refractivity contribution in [1.82, 2.24) is 4.31 Å². The molecule has 0 amide bonds. The number of rotatable bonds is 4. The summed E-state index contributed by atoms with van der Waals surface area (Å²) in [5, 5.41) is 8.63. The second kappa shape index (κ2) is 4.99. The molecule has 18 heavy (non-hydrogen) atoms. The summed E-state index contributed by atoms with van der Waals surface area (Å²) in [6.45, 7) is 5.45. The molecule has 0 unspecified atom stereocenters. The highest BCUT2D eigenvalue weighted by atomic mass is 32.2. The van der Waals surface area contributed by atoms with Gasteiger partial charge in [0.2, 0.25) is 0 Å². The lowest BCUT2D eigenvalue weighted by molar-refractivity contribution is -0.137. The highest BCUT2D eigenvalue weighted by Gasteiger charge is 2.26. The van der Waals surface area contributed by atoms with E-state index in [2.05, 4.69) is 0 Å². The zero-order chi connectivity index (χ0) is 14.1. The number of hydrogen-bond donors (Lipinski definition) is 1. The molecule has 5 nitrogen and oxygen atoms in total. The van der Waals surface area contributed by atoms with Crippen molar-refractivity contribution in [2.45, 2.75) is 30.4 Å². The molecule has 0 radical (unpaired) electrons. The van der Waals surface area contributed by atoms with Crippen molar-refractivity contribution in [3.63, 3.8) is 0 Å². The Morgan fingerprint density at radius 3 is 2.33 bits per heavy atom. The molecule has 1 rings (SSSR count). The van der Waals surface area contributed by atoms with E-state index in [4.69, 9.17) is 5.11 Å². The van der Waals surface area contributed by atoms with E-state index >= 15 is 0 Å². The van der Waals surface area contributed by atoms with E-state index in [1.807, 2.05) is 20.8 Å². The van der Waals surface area contributed by atoms with E-state index < -0.39 is 22.5 Å². The Bertz CT molecular complexity index is 540. The molecule has 0 aromatic carbocycles. The van der Waals surface area contributed by atoms with E-state index in [0.717, 1.165) is 9.18 Å². The SMILES string of the molecule is CN(CC(=O)O)S(=O)(=O)c1ccc(C(C)(C)C)s1. The highest BCUT2D eigenvalue weighted by Crippen LogP contribution is 2.32. The largest absolute Gasteiger partial charge is 0.480 e. The number of likely N-dealkylation sites (N-methyl/N-ethyl adjacent to an activating group) is 1. The number of carbonyl (C=O) groups is 1. The fraction of sp³-hybridized carbons (Fsp3) is 0.545. The minimum Gasteiger partial charge on any atom is -0.480 e. The minimum atomic E-state index is -3.70. The first-order valence-electron chi connectivity index (χ1n) is 5.33. The van der Waals surface area contributed by atoms with Gasteiger partial charge in [0.1, 0.15) is 10.8 Å². The topological polar surface area (TPSA) is 74.7 Å². The molecular weight excluding hydrogens is 274 g/mol. The molecule has 0 saturated heterocycles. The molecule has 0 aliphatic carbocycles. The average Bonchev–Trinajstić information content (AvgIpc) is 2.64. The van der Waals surface area contributed by atoms with Crippen LogP contribution in [0.4, 0.5) is 0 Å². The molecule has 0 atom stereocenters. The van der Waals surface area contributed by atoms with Crippen LogP contribution in [0.3, 0.4) is 0 Å². The first-order chi connectivity index (χ1) is 8.05. The molecule has 1 N–H and O–H groups in total. The predicted molar refractivity (Wildman–Crippen MR) is 70.5 cm³/mol. The zero-order valence-corrected chi connectivity index (χ0v) is 12.4. The quantitative estimate of drug-likeness (QED) is 0.917. The van der Waals surface area contributed by atoms with Crippen LogP contribution in [0, 0.1) is 0 Å². The van der Waals surface area contributed by atoms with Crippen LogP contribution in [0.2, 0.25) is 0 Å². The Morgan fingerprint density at radius 1 is 1.39 bits per heavy atom. The van der Waals surface area contributed by atoms with Crippen molar-refractivity contribution in [3.8, 4) is 0 Å².